The summed E-state index contributed by atoms with van der Waals surface area (Å²) in [7, 11) is 0. The zero-order valence-corrected chi connectivity index (χ0v) is 19.8. The van der Waals surface area contributed by atoms with Gasteiger partial charge in [0.2, 0.25) is 0 Å². The summed E-state index contributed by atoms with van der Waals surface area (Å²) in [5.41, 5.74) is 4.85. The standard InChI is InChI=1S/C28H37NO2/c1-24(2)22-12-13-26(4)21-11-10-17-16-19-18-8-6-7-9-20(18)29-23(19)27(17,5)25(21,3)14-15-28(26,30-22)31-24/h6-9,17,21-22,29H,10-16H2,1-5H3/t17-,21+,22-,25-,26-,27+,28-/m0/s1. The Balaban J connectivity index is 1.38. The van der Waals surface area contributed by atoms with Crippen LogP contribution in [0, 0.1) is 22.7 Å². The number of rotatable bonds is 0. The van der Waals surface area contributed by atoms with Gasteiger partial charge in [-0.15, -0.1) is 0 Å². The van der Waals surface area contributed by atoms with Crippen LogP contribution in [-0.2, 0) is 21.3 Å². The SMILES string of the molecule is CC1(C)O[C@@]23CC[C@@]4(C)[C@@H](CC[C@H]5Cc6c([nH]c7ccccc67)[C@@]54C)[C@]2(C)CC[C@@H]1O3. The van der Waals surface area contributed by atoms with E-state index in [-0.39, 0.29) is 33.7 Å². The second-order valence-electron chi connectivity index (χ2n) is 12.7. The van der Waals surface area contributed by atoms with E-state index in [4.69, 9.17) is 9.47 Å². The largest absolute Gasteiger partial charge is 0.358 e. The number of aromatic nitrogens is 1. The topological polar surface area (TPSA) is 34.2 Å². The molecule has 4 fully saturated rings. The number of H-pyrrole nitrogens is 1. The van der Waals surface area contributed by atoms with Crippen LogP contribution in [0.3, 0.4) is 0 Å². The first-order chi connectivity index (χ1) is 14.6. The molecule has 2 bridgehead atoms. The van der Waals surface area contributed by atoms with Gasteiger partial charge in [0, 0.05) is 33.8 Å². The van der Waals surface area contributed by atoms with Crippen LogP contribution in [0.15, 0.2) is 24.3 Å². The van der Waals surface area contributed by atoms with E-state index in [9.17, 15) is 0 Å². The van der Waals surface area contributed by atoms with Crippen molar-refractivity contribution in [2.75, 3.05) is 0 Å². The predicted molar refractivity (Wildman–Crippen MR) is 123 cm³/mol. The van der Waals surface area contributed by atoms with E-state index in [0.717, 1.165) is 18.8 Å². The highest BCUT2D eigenvalue weighted by atomic mass is 16.8. The summed E-state index contributed by atoms with van der Waals surface area (Å²) >= 11 is 0. The molecule has 7 atom stereocenters. The number of hydrogen-bond acceptors (Lipinski definition) is 2. The fourth-order valence-electron chi connectivity index (χ4n) is 9.58. The summed E-state index contributed by atoms with van der Waals surface area (Å²) in [5, 5.41) is 1.46. The molecule has 2 aliphatic heterocycles. The number of para-hydroxylation sites is 1. The molecule has 1 aromatic carbocycles. The van der Waals surface area contributed by atoms with E-state index in [2.05, 4.69) is 63.9 Å². The fourth-order valence-corrected chi connectivity index (χ4v) is 9.58. The molecular formula is C28H37NO2. The highest BCUT2D eigenvalue weighted by molar-refractivity contribution is 5.86. The molecule has 2 aromatic rings. The first-order valence-electron chi connectivity index (χ1n) is 12.6. The Labute approximate surface area is 186 Å². The smallest absolute Gasteiger partial charge is 0.175 e. The molecule has 1 spiro atoms. The normalized spacial score (nSPS) is 49.4. The average Bonchev–Trinajstić information content (AvgIpc) is 3.31. The summed E-state index contributed by atoms with van der Waals surface area (Å²) in [4.78, 5) is 3.94. The summed E-state index contributed by atoms with van der Waals surface area (Å²) in [6, 6.07) is 8.95. The number of ether oxygens (including phenoxy) is 2. The first kappa shape index (κ1) is 19.2. The van der Waals surface area contributed by atoms with Crippen molar-refractivity contribution >= 4 is 10.9 Å². The number of aromatic amines is 1. The maximum atomic E-state index is 6.89. The van der Waals surface area contributed by atoms with E-state index in [1.165, 1.54) is 43.0 Å². The number of fused-ring (bicyclic) bond motifs is 9. The summed E-state index contributed by atoms with van der Waals surface area (Å²) in [6.45, 7) is 12.3. The van der Waals surface area contributed by atoms with E-state index in [1.807, 2.05) is 0 Å². The van der Waals surface area contributed by atoms with Gasteiger partial charge in [0.05, 0.1) is 11.7 Å². The Morgan fingerprint density at radius 2 is 1.71 bits per heavy atom. The molecule has 3 aliphatic carbocycles. The molecule has 5 aliphatic rings. The van der Waals surface area contributed by atoms with Crippen LogP contribution in [0.4, 0.5) is 0 Å². The summed E-state index contributed by atoms with van der Waals surface area (Å²) < 4.78 is 13.7. The lowest BCUT2D eigenvalue weighted by atomic mass is 9.39. The molecular weight excluding hydrogens is 382 g/mol. The van der Waals surface area contributed by atoms with E-state index < -0.39 is 0 Å². The monoisotopic (exact) mass is 419 g/mol. The van der Waals surface area contributed by atoms with Gasteiger partial charge >= 0.3 is 0 Å². The van der Waals surface area contributed by atoms with Crippen LogP contribution in [0.2, 0.25) is 0 Å². The predicted octanol–water partition coefficient (Wildman–Crippen LogP) is 6.50. The first-order valence-corrected chi connectivity index (χ1v) is 12.6. The Hall–Kier alpha value is -1.32. The fraction of sp³-hybridized carbons (Fsp3) is 0.714. The maximum Gasteiger partial charge on any atom is 0.175 e. The van der Waals surface area contributed by atoms with Crippen LogP contribution in [-0.4, -0.2) is 22.5 Å². The second kappa shape index (κ2) is 5.42. The van der Waals surface area contributed by atoms with Crippen molar-refractivity contribution in [3.63, 3.8) is 0 Å². The molecule has 3 nitrogen and oxygen atoms in total. The molecule has 3 heterocycles. The summed E-state index contributed by atoms with van der Waals surface area (Å²) in [6.07, 6.45) is 8.73. The van der Waals surface area contributed by atoms with Gasteiger partial charge in [0.15, 0.2) is 5.79 Å². The highest BCUT2D eigenvalue weighted by Gasteiger charge is 2.74. The van der Waals surface area contributed by atoms with Gasteiger partial charge in [-0.3, -0.25) is 0 Å². The molecule has 3 heteroatoms. The molecule has 1 N–H and O–H groups in total. The average molecular weight is 420 g/mol. The third-order valence-corrected chi connectivity index (χ3v) is 11.4. The number of nitrogens with one attached hydrogen (secondary N) is 1. The minimum absolute atomic E-state index is 0.0903. The van der Waals surface area contributed by atoms with Crippen LogP contribution in [0.5, 0.6) is 0 Å². The molecule has 7 rings (SSSR count). The molecule has 0 radical (unpaired) electrons. The van der Waals surface area contributed by atoms with Crippen molar-refractivity contribution in [1.29, 1.82) is 0 Å². The van der Waals surface area contributed by atoms with Crippen molar-refractivity contribution in [3.8, 4) is 0 Å². The van der Waals surface area contributed by atoms with Crippen LogP contribution < -0.4 is 0 Å². The van der Waals surface area contributed by atoms with Gasteiger partial charge in [-0.25, -0.2) is 0 Å². The van der Waals surface area contributed by atoms with Gasteiger partial charge < -0.3 is 14.5 Å². The molecule has 166 valence electrons. The van der Waals surface area contributed by atoms with Gasteiger partial charge in [-0.05, 0) is 81.3 Å². The minimum Gasteiger partial charge on any atom is -0.358 e. The van der Waals surface area contributed by atoms with E-state index in [0.29, 0.717) is 5.92 Å². The van der Waals surface area contributed by atoms with Gasteiger partial charge in [0.1, 0.15) is 0 Å². The Morgan fingerprint density at radius 1 is 0.903 bits per heavy atom. The second-order valence-corrected chi connectivity index (χ2v) is 12.7. The minimum atomic E-state index is -0.380. The van der Waals surface area contributed by atoms with Gasteiger partial charge in [-0.2, -0.15) is 0 Å². The van der Waals surface area contributed by atoms with E-state index >= 15 is 0 Å². The van der Waals surface area contributed by atoms with Crippen molar-refractivity contribution in [2.45, 2.75) is 102 Å². The molecule has 2 saturated carbocycles. The summed E-state index contributed by atoms with van der Waals surface area (Å²) in [5.74, 6) is 0.993. The Kier molecular flexibility index (Phi) is 3.35. The molecule has 1 aromatic heterocycles. The lowest BCUT2D eigenvalue weighted by Gasteiger charge is -2.68. The maximum absolute atomic E-state index is 6.89. The van der Waals surface area contributed by atoms with E-state index in [1.54, 1.807) is 11.3 Å². The van der Waals surface area contributed by atoms with Crippen LogP contribution in [0.25, 0.3) is 10.9 Å². The van der Waals surface area contributed by atoms with Gasteiger partial charge in [0.25, 0.3) is 0 Å². The van der Waals surface area contributed by atoms with Crippen molar-refractivity contribution < 1.29 is 9.47 Å². The molecule has 0 amide bonds. The Bertz CT molecular complexity index is 1100. The van der Waals surface area contributed by atoms with Crippen LogP contribution in [0.1, 0.15) is 84.4 Å². The van der Waals surface area contributed by atoms with Crippen molar-refractivity contribution in [2.24, 2.45) is 22.7 Å². The lowest BCUT2D eigenvalue weighted by molar-refractivity contribution is -0.331. The van der Waals surface area contributed by atoms with Crippen molar-refractivity contribution in [1.82, 2.24) is 4.98 Å². The number of benzene rings is 1. The van der Waals surface area contributed by atoms with Crippen molar-refractivity contribution in [3.05, 3.63) is 35.5 Å². The number of hydrogen-bond donors (Lipinski definition) is 1. The third kappa shape index (κ3) is 1.94. The molecule has 31 heavy (non-hydrogen) atoms. The Morgan fingerprint density at radius 3 is 2.55 bits per heavy atom. The molecule has 0 unspecified atom stereocenters. The zero-order chi connectivity index (χ0) is 21.4. The molecule has 2 saturated heterocycles. The third-order valence-electron chi connectivity index (χ3n) is 11.4. The lowest BCUT2D eigenvalue weighted by Crippen LogP contribution is -2.67. The quantitative estimate of drug-likeness (QED) is 0.529. The highest BCUT2D eigenvalue weighted by Crippen LogP contribution is 2.74. The van der Waals surface area contributed by atoms with Gasteiger partial charge in [-0.1, -0.05) is 39.0 Å². The van der Waals surface area contributed by atoms with Crippen LogP contribution >= 0.6 is 0 Å². The zero-order valence-electron chi connectivity index (χ0n) is 19.8.